The number of aliphatic carboxylic acids is 1. The van der Waals surface area contributed by atoms with Crippen LogP contribution < -0.4 is 5.32 Å². The lowest BCUT2D eigenvalue weighted by molar-refractivity contribution is -0.147. The van der Waals surface area contributed by atoms with Gasteiger partial charge in [-0.15, -0.1) is 0 Å². The third kappa shape index (κ3) is 4.20. The highest BCUT2D eigenvalue weighted by molar-refractivity contribution is 5.87. The summed E-state index contributed by atoms with van der Waals surface area (Å²) in [7, 11) is 2.13. The van der Waals surface area contributed by atoms with Crippen LogP contribution in [0.25, 0.3) is 0 Å². The van der Waals surface area contributed by atoms with E-state index >= 15 is 0 Å². The summed E-state index contributed by atoms with van der Waals surface area (Å²) < 4.78 is 0. The van der Waals surface area contributed by atoms with Crippen LogP contribution >= 0.6 is 0 Å². The lowest BCUT2D eigenvalue weighted by atomic mass is 9.97. The minimum absolute atomic E-state index is 0.120. The number of hydrogen-bond donors (Lipinski definition) is 2. The first-order valence-corrected chi connectivity index (χ1v) is 8.40. The topological polar surface area (TPSA) is 72.9 Å². The van der Waals surface area contributed by atoms with Crippen molar-refractivity contribution in [1.29, 1.82) is 0 Å². The van der Waals surface area contributed by atoms with Crippen LogP contribution in [0.2, 0.25) is 0 Å². The molecule has 1 unspecified atom stereocenters. The van der Waals surface area contributed by atoms with E-state index in [1.165, 1.54) is 0 Å². The molecule has 1 aliphatic heterocycles. The van der Waals surface area contributed by atoms with Gasteiger partial charge < -0.3 is 15.3 Å². The van der Waals surface area contributed by atoms with Crippen LogP contribution in [-0.2, 0) is 9.59 Å². The van der Waals surface area contributed by atoms with Gasteiger partial charge >= 0.3 is 5.97 Å². The predicted molar refractivity (Wildman–Crippen MR) is 84.7 cm³/mol. The fourth-order valence-electron chi connectivity index (χ4n) is 3.49. The highest BCUT2D eigenvalue weighted by Crippen LogP contribution is 2.30. The molecular formula is C16H29N3O3. The van der Waals surface area contributed by atoms with Gasteiger partial charge in [0.05, 0.1) is 0 Å². The molecule has 1 saturated heterocycles. The maximum atomic E-state index is 12.1. The van der Waals surface area contributed by atoms with E-state index in [1.54, 1.807) is 0 Å². The van der Waals surface area contributed by atoms with Crippen LogP contribution in [-0.4, -0.2) is 71.6 Å². The number of piperazine rings is 1. The van der Waals surface area contributed by atoms with Crippen molar-refractivity contribution in [2.45, 2.75) is 57.0 Å². The minimum atomic E-state index is -1.01. The molecular weight excluding hydrogens is 282 g/mol. The Balaban J connectivity index is 1.76. The van der Waals surface area contributed by atoms with Crippen molar-refractivity contribution in [2.75, 3.05) is 33.2 Å². The Morgan fingerprint density at radius 2 is 1.77 bits per heavy atom. The molecule has 0 aromatic heterocycles. The van der Waals surface area contributed by atoms with Crippen LogP contribution in [0.5, 0.6) is 0 Å². The molecule has 1 aliphatic carbocycles. The van der Waals surface area contributed by atoms with Crippen LogP contribution in [0, 0.1) is 0 Å². The number of nitrogens with one attached hydrogen (secondary N) is 1. The summed E-state index contributed by atoms with van der Waals surface area (Å²) in [5, 5.41) is 12.2. The molecule has 2 aliphatic rings. The summed E-state index contributed by atoms with van der Waals surface area (Å²) in [5.74, 6) is -1.00. The Kier molecular flexibility index (Phi) is 5.81. The molecule has 2 rings (SSSR count). The normalized spacial score (nSPS) is 24.1. The van der Waals surface area contributed by atoms with Crippen LogP contribution in [0.1, 0.15) is 45.4 Å². The molecule has 126 valence electrons. The summed E-state index contributed by atoms with van der Waals surface area (Å²) in [6.07, 6.45) is 4.06. The van der Waals surface area contributed by atoms with Crippen molar-refractivity contribution in [3.8, 4) is 0 Å². The third-order valence-electron chi connectivity index (χ3n) is 5.20. The first kappa shape index (κ1) is 17.2. The number of amides is 1. The minimum Gasteiger partial charge on any atom is -0.480 e. The van der Waals surface area contributed by atoms with E-state index in [0.717, 1.165) is 45.4 Å². The SMILES string of the molecule is CC(CCC(=O)NC1(C(=O)O)CCCC1)N1CCN(C)CC1. The molecule has 6 nitrogen and oxygen atoms in total. The smallest absolute Gasteiger partial charge is 0.329 e. The Morgan fingerprint density at radius 1 is 1.18 bits per heavy atom. The molecule has 1 heterocycles. The van der Waals surface area contributed by atoms with Gasteiger partial charge in [-0.1, -0.05) is 12.8 Å². The van der Waals surface area contributed by atoms with Gasteiger partial charge in [0, 0.05) is 38.6 Å². The van der Waals surface area contributed by atoms with E-state index in [-0.39, 0.29) is 5.91 Å². The van der Waals surface area contributed by atoms with Crippen molar-refractivity contribution < 1.29 is 14.7 Å². The molecule has 0 aromatic rings. The summed E-state index contributed by atoms with van der Waals surface area (Å²) in [5.41, 5.74) is -1.01. The van der Waals surface area contributed by atoms with Gasteiger partial charge in [-0.25, -0.2) is 4.79 Å². The molecule has 22 heavy (non-hydrogen) atoms. The molecule has 1 amide bonds. The molecule has 0 spiro atoms. The molecule has 0 aromatic carbocycles. The highest BCUT2D eigenvalue weighted by atomic mass is 16.4. The quantitative estimate of drug-likeness (QED) is 0.763. The number of hydrogen-bond acceptors (Lipinski definition) is 4. The van der Waals surface area contributed by atoms with Crippen molar-refractivity contribution in [3.05, 3.63) is 0 Å². The molecule has 6 heteroatoms. The molecule has 0 bridgehead atoms. The Hall–Kier alpha value is -1.14. The third-order valence-corrected chi connectivity index (χ3v) is 5.20. The average Bonchev–Trinajstić information content (AvgIpc) is 2.95. The van der Waals surface area contributed by atoms with Gasteiger partial charge in [-0.2, -0.15) is 0 Å². The number of carboxylic acids is 1. The Labute approximate surface area is 132 Å². The van der Waals surface area contributed by atoms with Crippen molar-refractivity contribution in [3.63, 3.8) is 0 Å². The predicted octanol–water partition coefficient (Wildman–Crippen LogP) is 0.916. The zero-order valence-electron chi connectivity index (χ0n) is 13.8. The largest absolute Gasteiger partial charge is 0.480 e. The molecule has 2 fully saturated rings. The van der Waals surface area contributed by atoms with E-state index in [0.29, 0.717) is 25.3 Å². The monoisotopic (exact) mass is 311 g/mol. The first-order valence-electron chi connectivity index (χ1n) is 8.40. The number of rotatable bonds is 6. The van der Waals surface area contributed by atoms with Gasteiger partial charge in [0.15, 0.2) is 0 Å². The fourth-order valence-corrected chi connectivity index (χ4v) is 3.49. The Bertz CT molecular complexity index is 399. The highest BCUT2D eigenvalue weighted by Gasteiger charge is 2.42. The molecule has 0 radical (unpaired) electrons. The second-order valence-corrected chi connectivity index (χ2v) is 6.87. The van der Waals surface area contributed by atoms with E-state index in [9.17, 15) is 14.7 Å². The fraction of sp³-hybridized carbons (Fsp3) is 0.875. The van der Waals surface area contributed by atoms with E-state index in [2.05, 4.69) is 29.1 Å². The van der Waals surface area contributed by atoms with Gasteiger partial charge in [-0.05, 0) is 33.2 Å². The van der Waals surface area contributed by atoms with Crippen LogP contribution in [0.3, 0.4) is 0 Å². The number of carbonyl (C=O) groups is 2. The van der Waals surface area contributed by atoms with Gasteiger partial charge in [0.25, 0.3) is 0 Å². The first-order chi connectivity index (χ1) is 10.4. The summed E-state index contributed by atoms with van der Waals surface area (Å²) in [4.78, 5) is 28.3. The van der Waals surface area contributed by atoms with E-state index < -0.39 is 11.5 Å². The Morgan fingerprint density at radius 3 is 2.32 bits per heavy atom. The lowest BCUT2D eigenvalue weighted by Crippen LogP contribution is -2.53. The number of likely N-dealkylation sites (N-methyl/N-ethyl adjacent to an activating group) is 1. The van der Waals surface area contributed by atoms with Crippen molar-refractivity contribution in [2.24, 2.45) is 0 Å². The van der Waals surface area contributed by atoms with Gasteiger partial charge in [0.1, 0.15) is 5.54 Å². The summed E-state index contributed by atoms with van der Waals surface area (Å²) in [6.45, 7) is 6.37. The molecule has 2 N–H and O–H groups in total. The second-order valence-electron chi connectivity index (χ2n) is 6.87. The number of carboxylic acid groups (broad SMARTS) is 1. The van der Waals surface area contributed by atoms with Crippen molar-refractivity contribution >= 4 is 11.9 Å². The van der Waals surface area contributed by atoms with Crippen LogP contribution in [0.4, 0.5) is 0 Å². The molecule has 1 atom stereocenters. The zero-order chi connectivity index (χ0) is 16.2. The van der Waals surface area contributed by atoms with Crippen LogP contribution in [0.15, 0.2) is 0 Å². The zero-order valence-corrected chi connectivity index (χ0v) is 13.8. The lowest BCUT2D eigenvalue weighted by Gasteiger charge is -2.36. The summed E-state index contributed by atoms with van der Waals surface area (Å²) >= 11 is 0. The summed E-state index contributed by atoms with van der Waals surface area (Å²) in [6, 6.07) is 0.365. The van der Waals surface area contributed by atoms with Gasteiger partial charge in [0.2, 0.25) is 5.91 Å². The average molecular weight is 311 g/mol. The number of nitrogens with zero attached hydrogens (tertiary/aromatic N) is 2. The maximum absolute atomic E-state index is 12.1. The molecule has 1 saturated carbocycles. The maximum Gasteiger partial charge on any atom is 0.329 e. The standard InChI is InChI=1S/C16H29N3O3/c1-13(19-11-9-18(2)10-12-19)5-6-14(20)17-16(15(21)22)7-3-4-8-16/h13H,3-12H2,1-2H3,(H,17,20)(H,21,22). The number of carbonyl (C=O) groups excluding carboxylic acids is 1. The van der Waals surface area contributed by atoms with Gasteiger partial charge in [-0.3, -0.25) is 9.69 Å². The van der Waals surface area contributed by atoms with Crippen molar-refractivity contribution in [1.82, 2.24) is 15.1 Å². The van der Waals surface area contributed by atoms with E-state index in [4.69, 9.17) is 0 Å². The van der Waals surface area contributed by atoms with E-state index in [1.807, 2.05) is 0 Å². The second kappa shape index (κ2) is 7.42.